The number of rotatable bonds is 3. The Morgan fingerprint density at radius 2 is 1.83 bits per heavy atom. The van der Waals surface area contributed by atoms with Crippen molar-refractivity contribution in [2.24, 2.45) is 0 Å². The van der Waals surface area contributed by atoms with Crippen molar-refractivity contribution in [3.8, 4) is 0 Å². The zero-order valence-electron chi connectivity index (χ0n) is 11.6. The van der Waals surface area contributed by atoms with E-state index in [0.29, 0.717) is 0 Å². The van der Waals surface area contributed by atoms with Gasteiger partial charge in [0.15, 0.2) is 0 Å². The van der Waals surface area contributed by atoms with Crippen LogP contribution in [0.15, 0.2) is 24.3 Å². The maximum absolute atomic E-state index is 6.00. The number of piperazine rings is 1. The second kappa shape index (κ2) is 8.35. The van der Waals surface area contributed by atoms with Gasteiger partial charge in [0.25, 0.3) is 0 Å². The van der Waals surface area contributed by atoms with Crippen molar-refractivity contribution in [3.63, 3.8) is 0 Å². The molecule has 1 heterocycles. The Kier molecular flexibility index (Phi) is 7.09. The van der Waals surface area contributed by atoms with E-state index < -0.39 is 0 Å². The van der Waals surface area contributed by atoms with E-state index in [2.05, 4.69) is 21.2 Å². The van der Waals surface area contributed by atoms with Crippen LogP contribution in [0.2, 0.25) is 5.02 Å². The molecular weight excluding hydrogens is 246 g/mol. The van der Waals surface area contributed by atoms with Crippen molar-refractivity contribution >= 4 is 17.3 Å². The standard InChI is InChI=1S/C12H18ClN3.C2H6/c1-14-10-15-5-7-16(8-6-15)12-4-2-3-11(13)9-12;1-2/h2-4,9,14H,5-8,10H2,1H3;1-2H3. The van der Waals surface area contributed by atoms with Crippen LogP contribution in [0.5, 0.6) is 0 Å². The predicted molar refractivity (Wildman–Crippen MR) is 80.5 cm³/mol. The summed E-state index contributed by atoms with van der Waals surface area (Å²) >= 11 is 6.00. The van der Waals surface area contributed by atoms with E-state index in [1.807, 2.05) is 39.1 Å². The van der Waals surface area contributed by atoms with Gasteiger partial charge in [-0.15, -0.1) is 0 Å². The zero-order valence-corrected chi connectivity index (χ0v) is 12.4. The Morgan fingerprint density at radius 3 is 2.39 bits per heavy atom. The molecule has 1 fully saturated rings. The van der Waals surface area contributed by atoms with E-state index in [0.717, 1.165) is 37.9 Å². The summed E-state index contributed by atoms with van der Waals surface area (Å²) in [4.78, 5) is 4.80. The average molecular weight is 270 g/mol. The lowest BCUT2D eigenvalue weighted by Crippen LogP contribution is -2.48. The molecule has 0 atom stereocenters. The van der Waals surface area contributed by atoms with Crippen LogP contribution >= 0.6 is 11.6 Å². The van der Waals surface area contributed by atoms with Crippen molar-refractivity contribution < 1.29 is 0 Å². The molecule has 0 unspecified atom stereocenters. The van der Waals surface area contributed by atoms with E-state index in [1.54, 1.807) is 0 Å². The minimum absolute atomic E-state index is 0.815. The lowest BCUT2D eigenvalue weighted by atomic mass is 10.2. The molecule has 0 aliphatic carbocycles. The molecule has 1 saturated heterocycles. The Bertz CT molecular complexity index is 336. The molecule has 18 heavy (non-hydrogen) atoms. The lowest BCUT2D eigenvalue weighted by molar-refractivity contribution is 0.246. The second-order valence-electron chi connectivity index (χ2n) is 4.10. The highest BCUT2D eigenvalue weighted by molar-refractivity contribution is 6.30. The molecule has 1 aliphatic rings. The van der Waals surface area contributed by atoms with Gasteiger partial charge in [-0.05, 0) is 25.2 Å². The minimum atomic E-state index is 0.815. The van der Waals surface area contributed by atoms with Gasteiger partial charge in [0.05, 0.1) is 0 Å². The maximum Gasteiger partial charge on any atom is 0.0479 e. The lowest BCUT2D eigenvalue weighted by Gasteiger charge is -2.35. The monoisotopic (exact) mass is 269 g/mol. The Hall–Kier alpha value is -0.770. The quantitative estimate of drug-likeness (QED) is 0.910. The Morgan fingerprint density at radius 1 is 1.17 bits per heavy atom. The van der Waals surface area contributed by atoms with E-state index in [1.165, 1.54) is 5.69 Å². The van der Waals surface area contributed by atoms with Crippen LogP contribution < -0.4 is 10.2 Å². The summed E-state index contributed by atoms with van der Waals surface area (Å²) in [5, 5.41) is 4.00. The Balaban J connectivity index is 0.000000771. The first-order valence-corrected chi connectivity index (χ1v) is 7.05. The van der Waals surface area contributed by atoms with Gasteiger partial charge in [-0.2, -0.15) is 0 Å². The van der Waals surface area contributed by atoms with E-state index >= 15 is 0 Å². The number of nitrogens with zero attached hydrogens (tertiary/aromatic N) is 2. The number of nitrogens with one attached hydrogen (secondary N) is 1. The summed E-state index contributed by atoms with van der Waals surface area (Å²) in [7, 11) is 1.99. The van der Waals surface area contributed by atoms with Gasteiger partial charge in [-0.1, -0.05) is 31.5 Å². The Labute approximate surface area is 116 Å². The van der Waals surface area contributed by atoms with Crippen molar-refractivity contribution in [1.29, 1.82) is 0 Å². The summed E-state index contributed by atoms with van der Waals surface area (Å²) < 4.78 is 0. The van der Waals surface area contributed by atoms with Gasteiger partial charge >= 0.3 is 0 Å². The van der Waals surface area contributed by atoms with E-state index in [9.17, 15) is 0 Å². The molecule has 1 aromatic rings. The first-order chi connectivity index (χ1) is 8.79. The molecule has 0 spiro atoms. The minimum Gasteiger partial charge on any atom is -0.369 e. The normalized spacial score (nSPS) is 16.1. The summed E-state index contributed by atoms with van der Waals surface area (Å²) in [6.07, 6.45) is 0. The third-order valence-corrected chi connectivity index (χ3v) is 3.16. The topological polar surface area (TPSA) is 18.5 Å². The maximum atomic E-state index is 6.00. The molecule has 0 bridgehead atoms. The number of hydrogen-bond acceptors (Lipinski definition) is 3. The van der Waals surface area contributed by atoms with Gasteiger partial charge in [-0.25, -0.2) is 0 Å². The fourth-order valence-corrected chi connectivity index (χ4v) is 2.25. The third kappa shape index (κ3) is 4.48. The van der Waals surface area contributed by atoms with Gasteiger partial charge in [0, 0.05) is 43.6 Å². The summed E-state index contributed by atoms with van der Waals surface area (Å²) in [6, 6.07) is 8.09. The highest BCUT2D eigenvalue weighted by atomic mass is 35.5. The molecule has 102 valence electrons. The molecule has 0 radical (unpaired) electrons. The second-order valence-corrected chi connectivity index (χ2v) is 4.53. The fourth-order valence-electron chi connectivity index (χ4n) is 2.06. The first-order valence-electron chi connectivity index (χ1n) is 6.67. The van der Waals surface area contributed by atoms with Crippen molar-refractivity contribution in [1.82, 2.24) is 10.2 Å². The van der Waals surface area contributed by atoms with Crippen molar-refractivity contribution in [2.75, 3.05) is 44.8 Å². The molecule has 0 aromatic heterocycles. The van der Waals surface area contributed by atoms with Crippen molar-refractivity contribution in [2.45, 2.75) is 13.8 Å². The predicted octanol–water partition coefficient (Wildman–Crippen LogP) is 2.67. The highest BCUT2D eigenvalue weighted by Gasteiger charge is 2.16. The van der Waals surface area contributed by atoms with Crippen LogP contribution in [0.25, 0.3) is 0 Å². The van der Waals surface area contributed by atoms with Crippen molar-refractivity contribution in [3.05, 3.63) is 29.3 Å². The molecule has 1 aliphatic heterocycles. The van der Waals surface area contributed by atoms with Gasteiger partial charge in [-0.3, -0.25) is 4.90 Å². The van der Waals surface area contributed by atoms with E-state index in [4.69, 9.17) is 11.6 Å². The third-order valence-electron chi connectivity index (χ3n) is 2.93. The van der Waals surface area contributed by atoms with Crippen LogP contribution in [-0.4, -0.2) is 44.8 Å². The van der Waals surface area contributed by atoms with Gasteiger partial charge in [0.2, 0.25) is 0 Å². The number of benzene rings is 1. The molecule has 1 N–H and O–H groups in total. The van der Waals surface area contributed by atoms with Gasteiger partial charge in [0.1, 0.15) is 0 Å². The fraction of sp³-hybridized carbons (Fsp3) is 0.571. The van der Waals surface area contributed by atoms with Crippen LogP contribution in [-0.2, 0) is 0 Å². The van der Waals surface area contributed by atoms with Crippen LogP contribution in [0.4, 0.5) is 5.69 Å². The molecule has 1 aromatic carbocycles. The van der Waals surface area contributed by atoms with Crippen LogP contribution in [0, 0.1) is 0 Å². The largest absolute Gasteiger partial charge is 0.369 e. The SMILES string of the molecule is CC.CNCN1CCN(c2cccc(Cl)c2)CC1. The summed E-state index contributed by atoms with van der Waals surface area (Å²) in [6.45, 7) is 9.33. The molecule has 4 heteroatoms. The summed E-state index contributed by atoms with van der Waals surface area (Å²) in [5.41, 5.74) is 1.23. The van der Waals surface area contributed by atoms with Gasteiger partial charge < -0.3 is 10.2 Å². The first kappa shape index (κ1) is 15.3. The highest BCUT2D eigenvalue weighted by Crippen LogP contribution is 2.20. The van der Waals surface area contributed by atoms with Crippen LogP contribution in [0.1, 0.15) is 13.8 Å². The zero-order chi connectivity index (χ0) is 13.4. The molecule has 2 rings (SSSR count). The molecule has 0 saturated carbocycles. The number of halogens is 1. The molecular formula is C14H24ClN3. The number of hydrogen-bond donors (Lipinski definition) is 1. The molecule has 3 nitrogen and oxygen atoms in total. The van der Waals surface area contributed by atoms with E-state index in [-0.39, 0.29) is 0 Å². The van der Waals surface area contributed by atoms with Crippen LogP contribution in [0.3, 0.4) is 0 Å². The summed E-state index contributed by atoms with van der Waals surface area (Å²) in [5.74, 6) is 0. The average Bonchev–Trinajstić information content (AvgIpc) is 2.42. The number of anilines is 1. The smallest absolute Gasteiger partial charge is 0.0479 e. The molecule has 0 amide bonds.